The largest absolute Gasteiger partial charge is 0.304 e. The van der Waals surface area contributed by atoms with Crippen molar-refractivity contribution in [2.75, 3.05) is 10.7 Å². The van der Waals surface area contributed by atoms with Crippen LogP contribution in [0, 0.1) is 0 Å². The molecule has 0 bridgehead atoms. The van der Waals surface area contributed by atoms with Gasteiger partial charge in [0.1, 0.15) is 0 Å². The number of carbonyl (C=O) groups excluding carboxylic acids is 1. The zero-order valence-electron chi connectivity index (χ0n) is 14.0. The van der Waals surface area contributed by atoms with E-state index >= 15 is 0 Å². The lowest BCUT2D eigenvalue weighted by atomic mass is 10.0. The summed E-state index contributed by atoms with van der Waals surface area (Å²) >= 11 is 0. The maximum atomic E-state index is 12.6. The van der Waals surface area contributed by atoms with Crippen molar-refractivity contribution in [3.8, 4) is 0 Å². The molecule has 1 aromatic rings. The van der Waals surface area contributed by atoms with Crippen LogP contribution in [0.5, 0.6) is 0 Å². The molecular formula is C18H25NO3S. The van der Waals surface area contributed by atoms with E-state index in [9.17, 15) is 13.2 Å². The SMILES string of the molecule is CCCCC(=O)N(c1ccc(C(C)C)cc1)[C@H]1C=CS(=O)(=O)C1. The van der Waals surface area contributed by atoms with E-state index in [2.05, 4.69) is 13.8 Å². The van der Waals surface area contributed by atoms with E-state index < -0.39 is 15.9 Å². The van der Waals surface area contributed by atoms with Gasteiger partial charge in [-0.05, 0) is 36.1 Å². The number of carbonyl (C=O) groups is 1. The van der Waals surface area contributed by atoms with Gasteiger partial charge >= 0.3 is 0 Å². The number of nitrogens with zero attached hydrogens (tertiary/aromatic N) is 1. The van der Waals surface area contributed by atoms with E-state index in [1.165, 1.54) is 11.0 Å². The Hall–Kier alpha value is -1.62. The summed E-state index contributed by atoms with van der Waals surface area (Å²) in [5.41, 5.74) is 1.96. The van der Waals surface area contributed by atoms with Crippen LogP contribution in [0.25, 0.3) is 0 Å². The van der Waals surface area contributed by atoms with E-state index in [1.54, 1.807) is 11.0 Å². The predicted molar refractivity (Wildman–Crippen MR) is 94.3 cm³/mol. The maximum Gasteiger partial charge on any atom is 0.227 e. The van der Waals surface area contributed by atoms with Crippen LogP contribution in [0.2, 0.25) is 0 Å². The van der Waals surface area contributed by atoms with Crippen LogP contribution in [0.3, 0.4) is 0 Å². The van der Waals surface area contributed by atoms with Crippen LogP contribution >= 0.6 is 0 Å². The Kier molecular flexibility index (Phi) is 5.63. The third-order valence-corrected chi connectivity index (χ3v) is 5.47. The van der Waals surface area contributed by atoms with Crippen molar-refractivity contribution in [2.24, 2.45) is 0 Å². The summed E-state index contributed by atoms with van der Waals surface area (Å²) in [6, 6.07) is 7.44. The van der Waals surface area contributed by atoms with Gasteiger partial charge in [-0.25, -0.2) is 8.42 Å². The summed E-state index contributed by atoms with van der Waals surface area (Å²) in [6.45, 7) is 6.27. The van der Waals surface area contributed by atoms with Gasteiger partial charge in [0.25, 0.3) is 0 Å². The van der Waals surface area contributed by atoms with Crippen LogP contribution in [-0.2, 0) is 14.6 Å². The molecule has 4 nitrogen and oxygen atoms in total. The standard InChI is InChI=1S/C18H25NO3S/c1-4-5-6-18(20)19(17-11-12-23(21,22)13-17)16-9-7-15(8-10-16)14(2)3/h7-12,14,17H,4-6,13H2,1-3H3/t17-/m0/s1. The molecular weight excluding hydrogens is 310 g/mol. The van der Waals surface area contributed by atoms with Crippen LogP contribution in [0.4, 0.5) is 5.69 Å². The predicted octanol–water partition coefficient (Wildman–Crippen LogP) is 3.64. The van der Waals surface area contributed by atoms with E-state index in [0.29, 0.717) is 12.3 Å². The molecule has 1 amide bonds. The average molecular weight is 335 g/mol. The van der Waals surface area contributed by atoms with Crippen molar-refractivity contribution in [1.29, 1.82) is 0 Å². The molecule has 23 heavy (non-hydrogen) atoms. The fourth-order valence-electron chi connectivity index (χ4n) is 2.71. The van der Waals surface area contributed by atoms with Gasteiger partial charge in [0.2, 0.25) is 5.91 Å². The summed E-state index contributed by atoms with van der Waals surface area (Å²) < 4.78 is 23.5. The quantitative estimate of drug-likeness (QED) is 0.797. The van der Waals surface area contributed by atoms with Gasteiger partial charge in [-0.1, -0.05) is 39.3 Å². The number of hydrogen-bond donors (Lipinski definition) is 0. The first-order chi connectivity index (χ1) is 10.8. The second kappa shape index (κ2) is 7.30. The van der Waals surface area contributed by atoms with Gasteiger partial charge in [-0.15, -0.1) is 0 Å². The monoisotopic (exact) mass is 335 g/mol. The molecule has 1 aliphatic heterocycles. The zero-order chi connectivity index (χ0) is 17.0. The van der Waals surface area contributed by atoms with Crippen molar-refractivity contribution in [3.63, 3.8) is 0 Å². The Morgan fingerprint density at radius 2 is 1.91 bits per heavy atom. The highest BCUT2D eigenvalue weighted by molar-refractivity contribution is 7.94. The molecule has 1 atom stereocenters. The van der Waals surface area contributed by atoms with Crippen molar-refractivity contribution in [3.05, 3.63) is 41.3 Å². The number of unbranched alkanes of at least 4 members (excludes halogenated alkanes) is 1. The summed E-state index contributed by atoms with van der Waals surface area (Å²) in [7, 11) is -3.20. The molecule has 0 radical (unpaired) electrons. The summed E-state index contributed by atoms with van der Waals surface area (Å²) in [5.74, 6) is 0.368. The molecule has 1 heterocycles. The molecule has 0 saturated heterocycles. The molecule has 0 aromatic heterocycles. The van der Waals surface area contributed by atoms with Gasteiger partial charge in [-0.3, -0.25) is 4.79 Å². The summed E-state index contributed by atoms with van der Waals surface area (Å²) in [5, 5.41) is 1.22. The fourth-order valence-corrected chi connectivity index (χ4v) is 3.98. The van der Waals surface area contributed by atoms with E-state index in [1.807, 2.05) is 31.2 Å². The van der Waals surface area contributed by atoms with E-state index in [0.717, 1.165) is 18.5 Å². The average Bonchev–Trinajstić information content (AvgIpc) is 2.85. The van der Waals surface area contributed by atoms with Crippen LogP contribution in [0.1, 0.15) is 51.5 Å². The lowest BCUT2D eigenvalue weighted by molar-refractivity contribution is -0.118. The number of sulfone groups is 1. The molecule has 0 aliphatic carbocycles. The minimum Gasteiger partial charge on any atom is -0.304 e. The molecule has 126 valence electrons. The van der Waals surface area contributed by atoms with Gasteiger partial charge < -0.3 is 4.90 Å². The Labute approximate surface area is 139 Å². The lowest BCUT2D eigenvalue weighted by Crippen LogP contribution is -2.41. The van der Waals surface area contributed by atoms with E-state index in [-0.39, 0.29) is 11.7 Å². The Morgan fingerprint density at radius 1 is 1.26 bits per heavy atom. The maximum absolute atomic E-state index is 12.6. The number of benzene rings is 1. The zero-order valence-corrected chi connectivity index (χ0v) is 14.8. The molecule has 5 heteroatoms. The van der Waals surface area contributed by atoms with Gasteiger partial charge in [0.05, 0.1) is 11.8 Å². The molecule has 0 saturated carbocycles. The molecule has 0 N–H and O–H groups in total. The first-order valence-electron chi connectivity index (χ1n) is 8.17. The molecule has 0 spiro atoms. The van der Waals surface area contributed by atoms with Crippen molar-refractivity contribution in [1.82, 2.24) is 0 Å². The topological polar surface area (TPSA) is 54.5 Å². The minimum absolute atomic E-state index is 0.0177. The highest BCUT2D eigenvalue weighted by Crippen LogP contribution is 2.26. The minimum atomic E-state index is -3.20. The second-order valence-corrected chi connectivity index (χ2v) is 8.27. The number of amides is 1. The first kappa shape index (κ1) is 17.7. The lowest BCUT2D eigenvalue weighted by Gasteiger charge is -2.28. The van der Waals surface area contributed by atoms with Gasteiger partial charge in [0.15, 0.2) is 9.84 Å². The smallest absolute Gasteiger partial charge is 0.227 e. The molecule has 1 aliphatic rings. The number of hydrogen-bond acceptors (Lipinski definition) is 3. The fraction of sp³-hybridized carbons (Fsp3) is 0.500. The van der Waals surface area contributed by atoms with Crippen molar-refractivity contribution < 1.29 is 13.2 Å². The second-order valence-electron chi connectivity index (χ2n) is 6.34. The Balaban J connectivity index is 2.29. The van der Waals surface area contributed by atoms with Gasteiger partial charge in [0, 0.05) is 17.5 Å². The van der Waals surface area contributed by atoms with Crippen molar-refractivity contribution >= 4 is 21.4 Å². The normalized spacial score (nSPS) is 19.2. The highest BCUT2D eigenvalue weighted by Gasteiger charge is 2.31. The van der Waals surface area contributed by atoms with Gasteiger partial charge in [-0.2, -0.15) is 0 Å². The third kappa shape index (κ3) is 4.44. The number of rotatable bonds is 6. The Morgan fingerprint density at radius 3 is 2.39 bits per heavy atom. The highest BCUT2D eigenvalue weighted by atomic mass is 32.2. The first-order valence-corrected chi connectivity index (χ1v) is 9.88. The third-order valence-electron chi connectivity index (χ3n) is 4.09. The van der Waals surface area contributed by atoms with E-state index in [4.69, 9.17) is 0 Å². The van der Waals surface area contributed by atoms with Crippen LogP contribution in [0.15, 0.2) is 35.7 Å². The molecule has 2 rings (SSSR count). The summed E-state index contributed by atoms with van der Waals surface area (Å²) in [6.07, 6.45) is 3.80. The molecule has 0 unspecified atom stereocenters. The summed E-state index contributed by atoms with van der Waals surface area (Å²) in [4.78, 5) is 14.3. The van der Waals surface area contributed by atoms with Crippen LogP contribution in [-0.4, -0.2) is 26.1 Å². The molecule has 0 fully saturated rings. The Bertz CT molecular complexity index is 675. The number of anilines is 1. The molecule has 1 aromatic carbocycles. The van der Waals surface area contributed by atoms with Crippen molar-refractivity contribution in [2.45, 2.75) is 52.0 Å². The van der Waals surface area contributed by atoms with Crippen LogP contribution < -0.4 is 4.90 Å².